The van der Waals surface area contributed by atoms with Gasteiger partial charge in [-0.2, -0.15) is 13.2 Å². The summed E-state index contributed by atoms with van der Waals surface area (Å²) in [5.74, 6) is -0.679. The Morgan fingerprint density at radius 1 is 1.11 bits per heavy atom. The molecule has 0 unspecified atom stereocenters. The normalized spacial score (nSPS) is 12.9. The van der Waals surface area contributed by atoms with Gasteiger partial charge in [0.25, 0.3) is 11.8 Å². The van der Waals surface area contributed by atoms with Crippen molar-refractivity contribution < 1.29 is 22.8 Å². The number of amides is 2. The van der Waals surface area contributed by atoms with Gasteiger partial charge in [0.2, 0.25) is 0 Å². The summed E-state index contributed by atoms with van der Waals surface area (Å²) in [5.41, 5.74) is 1.21. The van der Waals surface area contributed by atoms with Crippen molar-refractivity contribution in [1.29, 1.82) is 0 Å². The molecule has 0 aliphatic carbocycles. The summed E-state index contributed by atoms with van der Waals surface area (Å²) < 4.78 is 38.8. The Balaban J connectivity index is 1.49. The van der Waals surface area contributed by atoms with Gasteiger partial charge in [-0.25, -0.2) is 9.97 Å². The number of thiophene rings is 1. The molecule has 0 saturated carbocycles. The predicted molar refractivity (Wildman–Crippen MR) is 136 cm³/mol. The predicted octanol–water partition coefficient (Wildman–Crippen LogP) is 5.80. The maximum Gasteiger partial charge on any atom is 0.416 e. The lowest BCUT2D eigenvalue weighted by Gasteiger charge is -2.27. The minimum Gasteiger partial charge on any atom is -0.349 e. The Morgan fingerprint density at radius 2 is 1.86 bits per heavy atom. The van der Waals surface area contributed by atoms with Crippen LogP contribution in [0.15, 0.2) is 48.8 Å². The average Bonchev–Trinajstić information content (AvgIpc) is 3.49. The molecular formula is C26H26F3N5O2S. The second-order valence-electron chi connectivity index (χ2n) is 9.76. The molecule has 4 rings (SSSR count). The van der Waals surface area contributed by atoms with Crippen molar-refractivity contribution in [3.05, 3.63) is 70.4 Å². The molecule has 0 bridgehead atoms. The van der Waals surface area contributed by atoms with Gasteiger partial charge in [-0.3, -0.25) is 9.59 Å². The third-order valence-corrected chi connectivity index (χ3v) is 7.17. The highest BCUT2D eigenvalue weighted by Crippen LogP contribution is 2.30. The Morgan fingerprint density at radius 3 is 2.57 bits per heavy atom. The van der Waals surface area contributed by atoms with Crippen molar-refractivity contribution in [2.45, 2.75) is 46.5 Å². The number of aromatic amines is 1. The van der Waals surface area contributed by atoms with Crippen molar-refractivity contribution in [3.63, 3.8) is 0 Å². The van der Waals surface area contributed by atoms with Gasteiger partial charge >= 0.3 is 6.18 Å². The summed E-state index contributed by atoms with van der Waals surface area (Å²) >= 11 is 1.17. The van der Waals surface area contributed by atoms with Crippen molar-refractivity contribution in [2.24, 2.45) is 5.41 Å². The summed E-state index contributed by atoms with van der Waals surface area (Å²) in [4.78, 5) is 38.5. The molecule has 0 spiro atoms. The third-order valence-electron chi connectivity index (χ3n) is 6.06. The average molecular weight is 530 g/mol. The van der Waals surface area contributed by atoms with E-state index in [1.165, 1.54) is 23.5 Å². The van der Waals surface area contributed by atoms with Crippen LogP contribution in [0.2, 0.25) is 0 Å². The summed E-state index contributed by atoms with van der Waals surface area (Å²) in [7, 11) is 0. The molecule has 3 N–H and O–H groups in total. The number of rotatable bonds is 6. The molecule has 1 aromatic carbocycles. The number of H-pyrrole nitrogens is 1. The van der Waals surface area contributed by atoms with Crippen molar-refractivity contribution >= 4 is 34.3 Å². The number of hydrogen-bond acceptors (Lipinski definition) is 5. The highest BCUT2D eigenvalue weighted by atomic mass is 32.1. The quantitative estimate of drug-likeness (QED) is 0.294. The first-order valence-electron chi connectivity index (χ1n) is 11.5. The van der Waals surface area contributed by atoms with Crippen LogP contribution in [0.4, 0.5) is 13.2 Å². The topological polar surface area (TPSA) is 99.8 Å². The Bertz CT molecular complexity index is 1450. The van der Waals surface area contributed by atoms with Crippen LogP contribution >= 0.6 is 11.3 Å². The van der Waals surface area contributed by atoms with Gasteiger partial charge in [-0.1, -0.05) is 32.9 Å². The van der Waals surface area contributed by atoms with E-state index in [1.807, 2.05) is 27.7 Å². The number of carbonyl (C=O) groups excluding carboxylic acids is 2. The second-order valence-corrected chi connectivity index (χ2v) is 10.8. The molecule has 0 radical (unpaired) electrons. The van der Waals surface area contributed by atoms with Crippen LogP contribution in [-0.4, -0.2) is 32.8 Å². The molecule has 3 heterocycles. The van der Waals surface area contributed by atoms with Crippen LogP contribution in [-0.2, 0) is 12.7 Å². The summed E-state index contributed by atoms with van der Waals surface area (Å²) in [5, 5.41) is 5.64. The van der Waals surface area contributed by atoms with Gasteiger partial charge in [-0.05, 0) is 42.2 Å². The lowest BCUT2D eigenvalue weighted by molar-refractivity contribution is -0.137. The molecular weight excluding hydrogens is 503 g/mol. The molecule has 7 nitrogen and oxygen atoms in total. The van der Waals surface area contributed by atoms with Gasteiger partial charge < -0.3 is 15.6 Å². The van der Waals surface area contributed by atoms with Crippen molar-refractivity contribution in [2.75, 3.05) is 0 Å². The van der Waals surface area contributed by atoms with E-state index in [2.05, 4.69) is 25.6 Å². The van der Waals surface area contributed by atoms with Crippen LogP contribution in [0.5, 0.6) is 0 Å². The number of benzene rings is 1. The van der Waals surface area contributed by atoms with Crippen LogP contribution in [0.3, 0.4) is 0 Å². The fourth-order valence-corrected chi connectivity index (χ4v) is 4.28. The monoisotopic (exact) mass is 529 g/mol. The first-order valence-corrected chi connectivity index (χ1v) is 12.3. The molecule has 4 aromatic rings. The zero-order valence-corrected chi connectivity index (χ0v) is 21.5. The Labute approximate surface area is 215 Å². The van der Waals surface area contributed by atoms with E-state index in [0.29, 0.717) is 37.7 Å². The van der Waals surface area contributed by atoms with Crippen molar-refractivity contribution in [3.8, 4) is 10.6 Å². The molecule has 3 aromatic heterocycles. The number of fused-ring (bicyclic) bond motifs is 1. The van der Waals surface area contributed by atoms with Gasteiger partial charge in [-0.15, -0.1) is 11.3 Å². The van der Waals surface area contributed by atoms with E-state index in [-0.39, 0.29) is 23.9 Å². The van der Waals surface area contributed by atoms with E-state index in [0.717, 1.165) is 12.1 Å². The van der Waals surface area contributed by atoms with E-state index in [4.69, 9.17) is 0 Å². The molecule has 0 saturated heterocycles. The minimum atomic E-state index is -4.45. The highest BCUT2D eigenvalue weighted by Gasteiger charge is 2.30. The first kappa shape index (κ1) is 26.3. The number of alkyl halides is 3. The maximum absolute atomic E-state index is 12.9. The molecule has 0 fully saturated rings. The first-order chi connectivity index (χ1) is 17.3. The second kappa shape index (κ2) is 9.97. The number of aromatic nitrogens is 3. The van der Waals surface area contributed by atoms with Gasteiger partial charge in [0, 0.05) is 18.8 Å². The summed E-state index contributed by atoms with van der Waals surface area (Å²) in [6.45, 7) is 8.01. The smallest absolute Gasteiger partial charge is 0.349 e. The Hall–Kier alpha value is -3.73. The summed E-state index contributed by atoms with van der Waals surface area (Å²) in [6.07, 6.45) is -1.33. The minimum absolute atomic E-state index is 0.0451. The van der Waals surface area contributed by atoms with Crippen LogP contribution in [0, 0.1) is 5.41 Å². The van der Waals surface area contributed by atoms with Gasteiger partial charge in [0.1, 0.15) is 5.52 Å². The zero-order valence-electron chi connectivity index (χ0n) is 20.7. The lowest BCUT2D eigenvalue weighted by Crippen LogP contribution is -2.41. The summed E-state index contributed by atoms with van der Waals surface area (Å²) in [6, 6.07) is 8.08. The molecule has 37 heavy (non-hydrogen) atoms. The Kier molecular flexibility index (Phi) is 7.09. The van der Waals surface area contributed by atoms with Gasteiger partial charge in [0.15, 0.2) is 5.65 Å². The number of nitrogens with zero attached hydrogens (tertiary/aromatic N) is 2. The molecule has 11 heteroatoms. The van der Waals surface area contributed by atoms with E-state index >= 15 is 0 Å². The van der Waals surface area contributed by atoms with E-state index in [1.54, 1.807) is 24.5 Å². The van der Waals surface area contributed by atoms with Crippen LogP contribution < -0.4 is 10.6 Å². The largest absolute Gasteiger partial charge is 0.416 e. The molecule has 0 aliphatic rings. The molecule has 2 amide bonds. The molecule has 194 valence electrons. The number of nitrogens with one attached hydrogen (secondary N) is 3. The van der Waals surface area contributed by atoms with Crippen LogP contribution in [0.25, 0.3) is 21.7 Å². The third kappa shape index (κ3) is 5.99. The highest BCUT2D eigenvalue weighted by molar-refractivity contribution is 7.17. The number of carbonyl (C=O) groups is 2. The fourth-order valence-electron chi connectivity index (χ4n) is 3.40. The zero-order chi connectivity index (χ0) is 27.0. The van der Waals surface area contributed by atoms with Crippen molar-refractivity contribution in [1.82, 2.24) is 25.6 Å². The molecule has 0 aliphatic heterocycles. The number of hydrogen-bond donors (Lipinski definition) is 3. The van der Waals surface area contributed by atoms with E-state index in [9.17, 15) is 22.8 Å². The molecule has 1 atom stereocenters. The van der Waals surface area contributed by atoms with Gasteiger partial charge in [0.05, 0.1) is 32.8 Å². The maximum atomic E-state index is 12.9. The fraction of sp³-hybridized carbons (Fsp3) is 0.308. The lowest BCUT2D eigenvalue weighted by atomic mass is 9.88. The number of halogens is 3. The standard InChI is InChI=1S/C26H26F3N5O2S/c1-14(25(2,3)4)33-23(35)17-12-30-22-21(17)34-18(13-31-22)19-8-9-20(37-19)24(36)32-11-15-6-5-7-16(10-15)26(27,28)29/h5-10,12-14H,11H2,1-4H3,(H,30,31)(H,32,36)(H,33,35)/t14-/m0/s1. The van der Waals surface area contributed by atoms with Crippen LogP contribution in [0.1, 0.15) is 58.9 Å². The van der Waals surface area contributed by atoms with E-state index < -0.39 is 17.6 Å². The SMILES string of the molecule is C[C@H](NC(=O)c1c[nH]c2ncc(-c3ccc(C(=O)NCc4cccc(C(F)(F)F)c4)s3)nc12)C(C)(C)C.